The number of aliphatic hydroxyl groups excluding tert-OH is 1. The Labute approximate surface area is 249 Å². The van der Waals surface area contributed by atoms with E-state index in [9.17, 15) is 13.5 Å². The van der Waals surface area contributed by atoms with Crippen LogP contribution in [0.5, 0.6) is 0 Å². The molecular formula is C32H50N2O5SSi. The molecule has 1 aliphatic heterocycles. The van der Waals surface area contributed by atoms with Gasteiger partial charge in [0.25, 0.3) is 10.0 Å². The SMILES string of the molecule is C=C(C)[C@@H]1[C@@H]2C(=C(C)/C(=N\NS(=O)(=O)c3ccc(C)cc3)[C@@H]1O)[C@@H](CO[Si](C(C)C)(C(C)C)C(C)C)O[C@H]2C(=C)C. The van der Waals surface area contributed by atoms with Gasteiger partial charge in [0.05, 0.1) is 23.3 Å². The van der Waals surface area contributed by atoms with Gasteiger partial charge in [-0.2, -0.15) is 18.4 Å². The highest BCUT2D eigenvalue weighted by Gasteiger charge is 2.53. The standard InChI is InChI=1S/C32H50N2O5SSi/c1-18(2)27-29-28(24(12)30(31(27)35)33-34-40(36,37)25-15-13-23(11)14-16-25)26(39-32(29)19(3)4)17-38-41(20(5)6,21(7)8)22(9)10/h13-16,20-22,26-27,29,31-32,34-35H,1,3,17H2,2,4-12H3/b33-30+/t26-,27-,29-,31-,32+/m1/s1. The van der Waals surface area contributed by atoms with Gasteiger partial charge in [-0.15, -0.1) is 0 Å². The number of ether oxygens (including phenoxy) is 1. The largest absolute Gasteiger partial charge is 0.413 e. The lowest BCUT2D eigenvalue weighted by Crippen LogP contribution is -2.49. The van der Waals surface area contributed by atoms with E-state index in [-0.39, 0.29) is 28.7 Å². The van der Waals surface area contributed by atoms with E-state index in [0.717, 1.165) is 27.9 Å². The van der Waals surface area contributed by atoms with Crippen LogP contribution in [-0.2, 0) is 19.2 Å². The molecule has 1 aromatic rings. The average Bonchev–Trinajstić information content (AvgIpc) is 3.23. The summed E-state index contributed by atoms with van der Waals surface area (Å²) >= 11 is 0. The van der Waals surface area contributed by atoms with Crippen LogP contribution in [0.25, 0.3) is 0 Å². The summed E-state index contributed by atoms with van der Waals surface area (Å²) in [5, 5.41) is 15.9. The Kier molecular flexibility index (Phi) is 10.3. The second-order valence-electron chi connectivity index (χ2n) is 12.8. The minimum absolute atomic E-state index is 0.104. The lowest BCUT2D eigenvalue weighted by molar-refractivity contribution is 0.0208. The van der Waals surface area contributed by atoms with Gasteiger partial charge in [0, 0.05) is 11.8 Å². The van der Waals surface area contributed by atoms with Gasteiger partial charge < -0.3 is 14.3 Å². The fourth-order valence-corrected chi connectivity index (χ4v) is 13.5. The van der Waals surface area contributed by atoms with Crippen LogP contribution in [-0.4, -0.2) is 52.5 Å². The second kappa shape index (κ2) is 12.7. The summed E-state index contributed by atoms with van der Waals surface area (Å²) < 4.78 is 39.8. The van der Waals surface area contributed by atoms with Crippen molar-refractivity contribution >= 4 is 24.1 Å². The minimum Gasteiger partial charge on any atom is -0.413 e. The number of aryl methyl sites for hydroxylation is 1. The van der Waals surface area contributed by atoms with E-state index >= 15 is 0 Å². The smallest absolute Gasteiger partial charge is 0.276 e. The van der Waals surface area contributed by atoms with E-state index in [1.807, 2.05) is 27.7 Å². The third-order valence-corrected chi connectivity index (χ3v) is 16.3. The van der Waals surface area contributed by atoms with Gasteiger partial charge in [0.2, 0.25) is 0 Å². The van der Waals surface area contributed by atoms with E-state index in [1.54, 1.807) is 12.1 Å². The summed E-state index contributed by atoms with van der Waals surface area (Å²) in [6, 6.07) is 6.55. The van der Waals surface area contributed by atoms with Crippen LogP contribution in [0.15, 0.2) is 69.7 Å². The number of benzene rings is 1. The summed E-state index contributed by atoms with van der Waals surface area (Å²) in [6.45, 7) is 29.9. The quantitative estimate of drug-likeness (QED) is 0.168. The molecule has 0 radical (unpaired) electrons. The Morgan fingerprint density at radius 1 is 1.02 bits per heavy atom. The Hall–Kier alpha value is -2.04. The Balaban J connectivity index is 2.10. The summed E-state index contributed by atoms with van der Waals surface area (Å²) in [4.78, 5) is 2.47. The number of nitrogens with one attached hydrogen (secondary N) is 1. The maximum atomic E-state index is 13.1. The van der Waals surface area contributed by atoms with E-state index in [2.05, 4.69) is 64.6 Å². The normalized spacial score (nSPS) is 26.3. The van der Waals surface area contributed by atoms with E-state index < -0.39 is 30.4 Å². The van der Waals surface area contributed by atoms with Crippen molar-refractivity contribution < 1.29 is 22.7 Å². The highest BCUT2D eigenvalue weighted by atomic mass is 32.2. The van der Waals surface area contributed by atoms with Crippen molar-refractivity contribution in [2.24, 2.45) is 16.9 Å². The zero-order valence-electron chi connectivity index (χ0n) is 26.5. The van der Waals surface area contributed by atoms with E-state index in [4.69, 9.17) is 9.16 Å². The number of hydrogen-bond acceptors (Lipinski definition) is 6. The van der Waals surface area contributed by atoms with Gasteiger partial charge in [-0.05, 0) is 67.6 Å². The first-order valence-electron chi connectivity index (χ1n) is 14.6. The maximum Gasteiger partial charge on any atom is 0.276 e. The molecule has 1 fully saturated rings. The Morgan fingerprint density at radius 3 is 2.02 bits per heavy atom. The first-order valence-corrected chi connectivity index (χ1v) is 18.2. The molecule has 7 nitrogen and oxygen atoms in total. The topological polar surface area (TPSA) is 97.2 Å². The summed E-state index contributed by atoms with van der Waals surface area (Å²) in [5.41, 5.74) is 5.80. The van der Waals surface area contributed by atoms with Crippen LogP contribution < -0.4 is 4.83 Å². The van der Waals surface area contributed by atoms with Crippen molar-refractivity contribution in [1.29, 1.82) is 0 Å². The Morgan fingerprint density at radius 2 is 1.56 bits per heavy atom. The molecule has 0 amide bonds. The van der Waals surface area contributed by atoms with Crippen molar-refractivity contribution in [2.75, 3.05) is 6.61 Å². The molecular weight excluding hydrogens is 553 g/mol. The molecule has 0 spiro atoms. The second-order valence-corrected chi connectivity index (χ2v) is 20.0. The predicted octanol–water partition coefficient (Wildman–Crippen LogP) is 6.66. The van der Waals surface area contributed by atoms with Crippen LogP contribution in [0.4, 0.5) is 0 Å². The van der Waals surface area contributed by atoms with Crippen molar-refractivity contribution in [3.63, 3.8) is 0 Å². The van der Waals surface area contributed by atoms with Crippen molar-refractivity contribution in [3.8, 4) is 0 Å². The van der Waals surface area contributed by atoms with Crippen LogP contribution in [0.2, 0.25) is 16.6 Å². The number of fused-ring (bicyclic) bond motifs is 1. The zero-order chi connectivity index (χ0) is 31.0. The molecule has 1 aliphatic carbocycles. The molecule has 0 saturated carbocycles. The van der Waals surface area contributed by atoms with Gasteiger partial charge >= 0.3 is 0 Å². The van der Waals surface area contributed by atoms with Gasteiger partial charge in [-0.25, -0.2) is 0 Å². The van der Waals surface area contributed by atoms with Crippen molar-refractivity contribution in [3.05, 3.63) is 65.3 Å². The van der Waals surface area contributed by atoms with Crippen LogP contribution in [0.1, 0.15) is 67.9 Å². The first kappa shape index (κ1) is 33.5. The molecule has 1 saturated heterocycles. The van der Waals surface area contributed by atoms with Gasteiger partial charge in [-0.1, -0.05) is 83.5 Å². The molecule has 1 heterocycles. The number of nitrogens with zero attached hydrogens (tertiary/aromatic N) is 1. The predicted molar refractivity (Wildman–Crippen MR) is 170 cm³/mol. The molecule has 2 aliphatic rings. The molecule has 41 heavy (non-hydrogen) atoms. The molecule has 0 bridgehead atoms. The molecule has 0 aromatic heterocycles. The summed E-state index contributed by atoms with van der Waals surface area (Å²) in [5.74, 6) is -0.625. The summed E-state index contributed by atoms with van der Waals surface area (Å²) in [7, 11) is -6.12. The lowest BCUT2D eigenvalue weighted by Gasteiger charge is -2.43. The Bertz CT molecular complexity index is 1290. The van der Waals surface area contributed by atoms with Gasteiger partial charge in [0.1, 0.15) is 12.2 Å². The van der Waals surface area contributed by atoms with E-state index in [0.29, 0.717) is 23.2 Å². The molecule has 9 heteroatoms. The fraction of sp³-hybridized carbons (Fsp3) is 0.594. The maximum absolute atomic E-state index is 13.1. The molecule has 228 valence electrons. The van der Waals surface area contributed by atoms with Crippen molar-refractivity contribution in [1.82, 2.24) is 4.83 Å². The van der Waals surface area contributed by atoms with Crippen molar-refractivity contribution in [2.45, 2.75) is 109 Å². The molecule has 3 rings (SSSR count). The highest BCUT2D eigenvalue weighted by molar-refractivity contribution is 7.89. The van der Waals surface area contributed by atoms with Crippen LogP contribution >= 0.6 is 0 Å². The molecule has 1 aromatic carbocycles. The van der Waals surface area contributed by atoms with E-state index in [1.165, 1.54) is 12.1 Å². The monoisotopic (exact) mass is 602 g/mol. The van der Waals surface area contributed by atoms with Crippen LogP contribution in [0.3, 0.4) is 0 Å². The number of sulfonamides is 1. The zero-order valence-corrected chi connectivity index (χ0v) is 28.3. The average molecular weight is 603 g/mol. The first-order chi connectivity index (χ1) is 19.0. The number of hydrazone groups is 1. The highest BCUT2D eigenvalue weighted by Crippen LogP contribution is 2.50. The molecule has 0 unspecified atom stereocenters. The number of hydrogen-bond donors (Lipinski definition) is 2. The van der Waals surface area contributed by atoms with Crippen LogP contribution in [0, 0.1) is 18.8 Å². The third-order valence-electron chi connectivity index (χ3n) is 9.03. The molecule has 5 atom stereocenters. The van der Waals surface area contributed by atoms with Gasteiger partial charge in [0.15, 0.2) is 8.32 Å². The minimum atomic E-state index is -3.94. The number of rotatable bonds is 11. The molecule has 2 N–H and O–H groups in total. The third kappa shape index (κ3) is 6.34. The van der Waals surface area contributed by atoms with Gasteiger partial charge in [-0.3, -0.25) is 0 Å². The fourth-order valence-electron chi connectivity index (χ4n) is 7.20. The summed E-state index contributed by atoms with van der Waals surface area (Å²) in [6.07, 6.45) is -1.77. The lowest BCUT2D eigenvalue weighted by atomic mass is 9.67. The number of aliphatic hydroxyl groups is 1.